The summed E-state index contributed by atoms with van der Waals surface area (Å²) in [5, 5.41) is 0. The third kappa shape index (κ3) is 30.1. The normalized spacial score (nSPS) is 11.9. The van der Waals surface area contributed by atoms with Gasteiger partial charge in [0.15, 0.2) is 6.10 Å². The van der Waals surface area contributed by atoms with Crippen LogP contribution in [0.25, 0.3) is 0 Å². The Hall–Kier alpha value is -1.95. The molecule has 0 amide bonds. The smallest absolute Gasteiger partial charge is 0.306 e. The SMILES string of the molecule is CCCCCCCCCCCCCCCC(=O)OC[C@H](COCc1ccccc1)OC(=O)CCCCCCCCCCCCCCC[18F]. The Morgan fingerprint density at radius 1 is 0.542 bits per heavy atom. The summed E-state index contributed by atoms with van der Waals surface area (Å²) in [4.78, 5) is 25.1. The van der Waals surface area contributed by atoms with Crippen LogP contribution in [0.1, 0.15) is 192 Å². The Kier molecular flexibility index (Phi) is 32.0. The summed E-state index contributed by atoms with van der Waals surface area (Å²) in [6.45, 7) is 2.74. The molecular formula is C42H73FO5. The number of halogens is 1. The highest BCUT2D eigenvalue weighted by molar-refractivity contribution is 5.70. The predicted octanol–water partition coefficient (Wildman–Crippen LogP) is 12.6. The summed E-state index contributed by atoms with van der Waals surface area (Å²) in [7, 11) is 0. The topological polar surface area (TPSA) is 61.8 Å². The molecule has 0 radical (unpaired) electrons. The molecule has 0 fully saturated rings. The van der Waals surface area contributed by atoms with Crippen LogP contribution in [-0.2, 0) is 30.4 Å². The second kappa shape index (κ2) is 34.9. The van der Waals surface area contributed by atoms with E-state index in [1.807, 2.05) is 30.3 Å². The average molecular weight is 676 g/mol. The number of carbonyl (C=O) groups is 2. The van der Waals surface area contributed by atoms with Gasteiger partial charge in [-0.15, -0.1) is 0 Å². The highest BCUT2D eigenvalue weighted by Gasteiger charge is 2.18. The van der Waals surface area contributed by atoms with Gasteiger partial charge in [0.2, 0.25) is 0 Å². The largest absolute Gasteiger partial charge is 0.462 e. The van der Waals surface area contributed by atoms with E-state index in [1.54, 1.807) is 0 Å². The van der Waals surface area contributed by atoms with Crippen LogP contribution < -0.4 is 0 Å². The van der Waals surface area contributed by atoms with Crippen LogP contribution in [0, 0.1) is 0 Å². The lowest BCUT2D eigenvalue weighted by molar-refractivity contribution is -0.163. The number of benzene rings is 1. The summed E-state index contributed by atoms with van der Waals surface area (Å²) >= 11 is 0. The molecule has 1 aromatic rings. The maximum atomic E-state index is 12.6. The van der Waals surface area contributed by atoms with Crippen LogP contribution in [0.3, 0.4) is 0 Å². The molecule has 0 N–H and O–H groups in total. The molecule has 0 aliphatic heterocycles. The second-order valence-corrected chi connectivity index (χ2v) is 13.8. The zero-order valence-electron chi connectivity index (χ0n) is 31.0. The van der Waals surface area contributed by atoms with Gasteiger partial charge < -0.3 is 14.2 Å². The van der Waals surface area contributed by atoms with Gasteiger partial charge in [0, 0.05) is 12.8 Å². The molecule has 5 nitrogen and oxygen atoms in total. The van der Waals surface area contributed by atoms with Gasteiger partial charge in [0.05, 0.1) is 19.9 Å². The van der Waals surface area contributed by atoms with Crippen molar-refractivity contribution in [3.05, 3.63) is 35.9 Å². The summed E-state index contributed by atoms with van der Waals surface area (Å²) in [5.41, 5.74) is 1.05. The van der Waals surface area contributed by atoms with Crippen LogP contribution in [0.15, 0.2) is 30.3 Å². The van der Waals surface area contributed by atoms with E-state index in [4.69, 9.17) is 14.2 Å². The number of carbonyl (C=O) groups excluding carboxylic acids is 2. The lowest BCUT2D eigenvalue weighted by Crippen LogP contribution is -2.29. The van der Waals surface area contributed by atoms with Crippen molar-refractivity contribution >= 4 is 11.9 Å². The molecule has 0 bridgehead atoms. The molecule has 48 heavy (non-hydrogen) atoms. The first-order chi connectivity index (χ1) is 23.7. The molecular weight excluding hydrogens is 602 g/mol. The molecule has 0 aromatic heterocycles. The van der Waals surface area contributed by atoms with Crippen LogP contribution in [0.5, 0.6) is 0 Å². The fraction of sp³-hybridized carbons (Fsp3) is 0.810. The van der Waals surface area contributed by atoms with Gasteiger partial charge in [-0.3, -0.25) is 14.0 Å². The molecule has 0 heterocycles. The standard InChI is InChI=1S/C42H73FO5/c1-2-3-4-5-6-7-8-10-13-16-19-22-28-33-41(44)47-38-40(37-46-36-39-31-26-25-27-32-39)48-42(45)34-29-23-20-17-14-11-9-12-15-18-21-24-30-35-43/h25-27,31-32,40H,2-24,28-30,33-38H2,1H3/t40-/m0/s1/i43-1. The van der Waals surface area contributed by atoms with Gasteiger partial charge in [0.25, 0.3) is 0 Å². The fourth-order valence-corrected chi connectivity index (χ4v) is 6.10. The maximum absolute atomic E-state index is 12.6. The van der Waals surface area contributed by atoms with Crippen molar-refractivity contribution in [1.82, 2.24) is 0 Å². The molecule has 1 aromatic carbocycles. The van der Waals surface area contributed by atoms with Gasteiger partial charge in [-0.05, 0) is 24.8 Å². The quantitative estimate of drug-likeness (QED) is 0.0523. The third-order valence-electron chi connectivity index (χ3n) is 9.14. The summed E-state index contributed by atoms with van der Waals surface area (Å²) in [6, 6.07) is 9.89. The van der Waals surface area contributed by atoms with Crippen LogP contribution in [-0.4, -0.2) is 37.9 Å². The third-order valence-corrected chi connectivity index (χ3v) is 9.14. The van der Waals surface area contributed by atoms with Gasteiger partial charge in [-0.25, -0.2) is 0 Å². The van der Waals surface area contributed by atoms with E-state index < -0.39 is 6.10 Å². The van der Waals surface area contributed by atoms with Gasteiger partial charge in [-0.1, -0.05) is 185 Å². The van der Waals surface area contributed by atoms with Crippen molar-refractivity contribution in [3.63, 3.8) is 0 Å². The molecule has 0 spiro atoms. The molecule has 6 heteroatoms. The Balaban J connectivity index is 2.16. The van der Waals surface area contributed by atoms with Crippen molar-refractivity contribution in [3.8, 4) is 0 Å². The number of alkyl halides is 1. The highest BCUT2D eigenvalue weighted by atomic mass is 18.2. The van der Waals surface area contributed by atoms with Crippen LogP contribution in [0.2, 0.25) is 0 Å². The van der Waals surface area contributed by atoms with Gasteiger partial charge in [-0.2, -0.15) is 0 Å². The van der Waals surface area contributed by atoms with Crippen molar-refractivity contribution < 1.29 is 28.2 Å². The number of rotatable bonds is 36. The van der Waals surface area contributed by atoms with Gasteiger partial charge in [0.1, 0.15) is 6.61 Å². The van der Waals surface area contributed by atoms with E-state index in [2.05, 4.69) is 6.92 Å². The Morgan fingerprint density at radius 2 is 0.958 bits per heavy atom. The second-order valence-electron chi connectivity index (χ2n) is 13.8. The van der Waals surface area contributed by atoms with Crippen molar-refractivity contribution in [2.24, 2.45) is 0 Å². The van der Waals surface area contributed by atoms with E-state index in [0.717, 1.165) is 50.5 Å². The van der Waals surface area contributed by atoms with E-state index in [9.17, 15) is 14.0 Å². The first-order valence-corrected chi connectivity index (χ1v) is 20.2. The minimum absolute atomic E-state index is 0.0371. The Morgan fingerprint density at radius 3 is 1.42 bits per heavy atom. The van der Waals surface area contributed by atoms with E-state index in [-0.39, 0.29) is 31.8 Å². The minimum Gasteiger partial charge on any atom is -0.462 e. The lowest BCUT2D eigenvalue weighted by atomic mass is 10.0. The zero-order chi connectivity index (χ0) is 34.6. The van der Waals surface area contributed by atoms with Crippen molar-refractivity contribution in [1.29, 1.82) is 0 Å². The maximum Gasteiger partial charge on any atom is 0.306 e. The number of ether oxygens (including phenoxy) is 3. The minimum atomic E-state index is -0.597. The lowest BCUT2D eigenvalue weighted by Gasteiger charge is -2.18. The molecule has 278 valence electrons. The highest BCUT2D eigenvalue weighted by Crippen LogP contribution is 2.15. The zero-order valence-corrected chi connectivity index (χ0v) is 31.0. The molecule has 0 aliphatic carbocycles. The number of unbranched alkanes of at least 4 members (excludes halogenated alkanes) is 24. The molecule has 0 aliphatic rings. The van der Waals surface area contributed by atoms with Crippen LogP contribution >= 0.6 is 0 Å². The van der Waals surface area contributed by atoms with E-state index in [1.165, 1.54) is 122 Å². The fourth-order valence-electron chi connectivity index (χ4n) is 6.10. The first-order valence-electron chi connectivity index (χ1n) is 20.2. The summed E-state index contributed by atoms with van der Waals surface area (Å²) in [5.74, 6) is -0.474. The first kappa shape index (κ1) is 44.1. The predicted molar refractivity (Wildman–Crippen MR) is 198 cm³/mol. The van der Waals surface area contributed by atoms with Crippen LogP contribution in [0.4, 0.5) is 4.39 Å². The molecule has 1 atom stereocenters. The number of esters is 2. The molecule has 0 saturated carbocycles. The Bertz CT molecular complexity index is 833. The van der Waals surface area contributed by atoms with Crippen molar-refractivity contribution in [2.45, 2.75) is 199 Å². The molecule has 0 unspecified atom stereocenters. The molecule has 1 rings (SSSR count). The number of hydrogen-bond donors (Lipinski definition) is 0. The van der Waals surface area contributed by atoms with E-state index >= 15 is 0 Å². The van der Waals surface area contributed by atoms with Crippen molar-refractivity contribution in [2.75, 3.05) is 19.9 Å². The number of hydrogen-bond acceptors (Lipinski definition) is 5. The summed E-state index contributed by atoms with van der Waals surface area (Å²) in [6.07, 6.45) is 31.4. The molecule has 0 saturated heterocycles. The average Bonchev–Trinajstić information content (AvgIpc) is 3.09. The van der Waals surface area contributed by atoms with E-state index in [0.29, 0.717) is 19.4 Å². The van der Waals surface area contributed by atoms with Gasteiger partial charge >= 0.3 is 11.9 Å². The summed E-state index contributed by atoms with van der Waals surface area (Å²) < 4.78 is 29.2. The monoisotopic (exact) mass is 676 g/mol. The Labute approximate surface area is 294 Å².